The Hall–Kier alpha value is -2.28. The fourth-order valence-electron chi connectivity index (χ4n) is 2.47. The minimum atomic E-state index is -3.14. The Morgan fingerprint density at radius 3 is 2.54 bits per heavy atom. The summed E-state index contributed by atoms with van der Waals surface area (Å²) in [5, 5.41) is 3.94. The van der Waals surface area contributed by atoms with E-state index in [1.165, 1.54) is 24.3 Å². The SMILES string of the molecule is C[C@@H]1OC(=O)NN=C1c1ccc(C(F)(F)c2ccccc2)c(Br)c1. The number of alkyl halides is 2. The maximum atomic E-state index is 14.7. The van der Waals surface area contributed by atoms with Crippen molar-refractivity contribution in [3.63, 3.8) is 0 Å². The van der Waals surface area contributed by atoms with E-state index >= 15 is 0 Å². The lowest BCUT2D eigenvalue weighted by Gasteiger charge is -2.22. The van der Waals surface area contributed by atoms with Gasteiger partial charge in [-0.25, -0.2) is 10.2 Å². The van der Waals surface area contributed by atoms with Crippen molar-refractivity contribution < 1.29 is 18.3 Å². The van der Waals surface area contributed by atoms with E-state index in [0.717, 1.165) is 0 Å². The Morgan fingerprint density at radius 1 is 1.21 bits per heavy atom. The molecule has 1 aliphatic rings. The number of hydrogen-bond donors (Lipinski definition) is 1. The highest BCUT2D eigenvalue weighted by Gasteiger charge is 2.36. The maximum Gasteiger partial charge on any atom is 0.428 e. The number of halogens is 3. The summed E-state index contributed by atoms with van der Waals surface area (Å²) in [5.74, 6) is -3.14. The number of carbonyl (C=O) groups excluding carboxylic acids is 1. The van der Waals surface area contributed by atoms with Crippen molar-refractivity contribution in [3.05, 3.63) is 69.7 Å². The van der Waals surface area contributed by atoms with E-state index in [2.05, 4.69) is 26.5 Å². The number of nitrogens with zero attached hydrogens (tertiary/aromatic N) is 1. The van der Waals surface area contributed by atoms with Gasteiger partial charge in [0.2, 0.25) is 0 Å². The summed E-state index contributed by atoms with van der Waals surface area (Å²) in [6.07, 6.45) is -1.20. The van der Waals surface area contributed by atoms with Crippen LogP contribution in [0.15, 0.2) is 58.1 Å². The van der Waals surface area contributed by atoms with Gasteiger partial charge >= 0.3 is 6.09 Å². The van der Waals surface area contributed by atoms with Crippen LogP contribution in [0.2, 0.25) is 0 Å². The Bertz CT molecular complexity index is 809. The lowest BCUT2D eigenvalue weighted by molar-refractivity contribution is 0.0420. The zero-order chi connectivity index (χ0) is 17.3. The molecule has 0 saturated carbocycles. The number of cyclic esters (lactones) is 1. The van der Waals surface area contributed by atoms with Crippen molar-refractivity contribution in [1.82, 2.24) is 5.43 Å². The van der Waals surface area contributed by atoms with Crippen LogP contribution in [0.1, 0.15) is 23.6 Å². The first-order valence-corrected chi connectivity index (χ1v) is 7.97. The van der Waals surface area contributed by atoms with Gasteiger partial charge in [-0.15, -0.1) is 0 Å². The van der Waals surface area contributed by atoms with Crippen LogP contribution in [0.4, 0.5) is 13.6 Å². The third-order valence-corrected chi connectivity index (χ3v) is 4.33. The van der Waals surface area contributed by atoms with Crippen LogP contribution in [-0.2, 0) is 10.7 Å². The molecule has 1 atom stereocenters. The molecule has 24 heavy (non-hydrogen) atoms. The van der Waals surface area contributed by atoms with Crippen LogP contribution in [0.25, 0.3) is 0 Å². The first kappa shape index (κ1) is 16.6. The molecule has 1 heterocycles. The van der Waals surface area contributed by atoms with Crippen molar-refractivity contribution in [2.45, 2.75) is 19.0 Å². The zero-order valence-corrected chi connectivity index (χ0v) is 14.2. The van der Waals surface area contributed by atoms with Crippen LogP contribution < -0.4 is 5.43 Å². The highest BCUT2D eigenvalue weighted by molar-refractivity contribution is 9.10. The second-order valence-corrected chi connectivity index (χ2v) is 6.15. The van der Waals surface area contributed by atoms with Crippen LogP contribution >= 0.6 is 15.9 Å². The van der Waals surface area contributed by atoms with E-state index in [-0.39, 0.29) is 15.6 Å². The molecule has 0 aliphatic carbocycles. The first-order chi connectivity index (χ1) is 11.4. The van der Waals surface area contributed by atoms with Gasteiger partial charge in [-0.2, -0.15) is 13.9 Å². The summed E-state index contributed by atoms with van der Waals surface area (Å²) in [6, 6.07) is 12.0. The standard InChI is InChI=1S/C17H13BrF2N2O2/c1-10-15(21-22-16(23)24-10)11-7-8-13(14(18)9-11)17(19,20)12-5-3-2-4-6-12/h2-10H,1H3,(H,22,23)/t10-/m0/s1. The van der Waals surface area contributed by atoms with Crippen LogP contribution in [-0.4, -0.2) is 17.9 Å². The molecular weight excluding hydrogens is 382 g/mol. The van der Waals surface area contributed by atoms with Crippen molar-refractivity contribution in [1.29, 1.82) is 0 Å². The van der Waals surface area contributed by atoms with Gasteiger partial charge in [-0.1, -0.05) is 58.4 Å². The van der Waals surface area contributed by atoms with Gasteiger partial charge in [0, 0.05) is 21.2 Å². The zero-order valence-electron chi connectivity index (χ0n) is 12.6. The number of amides is 1. The third-order valence-electron chi connectivity index (χ3n) is 3.68. The number of ether oxygens (including phenoxy) is 1. The van der Waals surface area contributed by atoms with E-state index in [9.17, 15) is 13.6 Å². The summed E-state index contributed by atoms with van der Waals surface area (Å²) in [6.45, 7) is 1.66. The minimum absolute atomic E-state index is 0.0857. The molecule has 0 bridgehead atoms. The molecule has 0 aromatic heterocycles. The molecule has 1 aliphatic heterocycles. The van der Waals surface area contributed by atoms with E-state index in [0.29, 0.717) is 11.3 Å². The lowest BCUT2D eigenvalue weighted by atomic mass is 9.97. The highest BCUT2D eigenvalue weighted by Crippen LogP contribution is 2.39. The second-order valence-electron chi connectivity index (χ2n) is 5.29. The maximum absolute atomic E-state index is 14.7. The van der Waals surface area contributed by atoms with Gasteiger partial charge in [-0.3, -0.25) is 0 Å². The highest BCUT2D eigenvalue weighted by atomic mass is 79.9. The molecule has 2 aromatic rings. The summed E-state index contributed by atoms with van der Waals surface area (Å²) in [7, 11) is 0. The summed E-state index contributed by atoms with van der Waals surface area (Å²) < 4.78 is 34.7. The van der Waals surface area contributed by atoms with Crippen molar-refractivity contribution >= 4 is 27.7 Å². The molecule has 1 amide bonds. The summed E-state index contributed by atoms with van der Waals surface area (Å²) >= 11 is 3.22. The lowest BCUT2D eigenvalue weighted by Crippen LogP contribution is -2.37. The molecule has 1 N–H and O–H groups in total. The fourth-order valence-corrected chi connectivity index (χ4v) is 3.10. The number of carbonyl (C=O) groups is 1. The molecule has 124 valence electrons. The van der Waals surface area contributed by atoms with Crippen molar-refractivity contribution in [3.8, 4) is 0 Å². The number of rotatable bonds is 3. The van der Waals surface area contributed by atoms with E-state index in [4.69, 9.17) is 4.74 Å². The first-order valence-electron chi connectivity index (χ1n) is 7.17. The molecule has 0 radical (unpaired) electrons. The number of hydrogen-bond acceptors (Lipinski definition) is 3. The Balaban J connectivity index is 1.98. The van der Waals surface area contributed by atoms with Gasteiger partial charge in [0.05, 0.1) is 0 Å². The van der Waals surface area contributed by atoms with Gasteiger partial charge in [0.25, 0.3) is 5.92 Å². The average molecular weight is 395 g/mol. The number of benzene rings is 2. The molecule has 2 aromatic carbocycles. The predicted molar refractivity (Wildman–Crippen MR) is 89.2 cm³/mol. The Labute approximate surface area is 145 Å². The molecule has 7 heteroatoms. The molecular formula is C17H13BrF2N2O2. The van der Waals surface area contributed by atoms with Gasteiger partial charge in [0.15, 0.2) is 0 Å². The Morgan fingerprint density at radius 2 is 1.92 bits per heavy atom. The smallest absolute Gasteiger partial charge is 0.428 e. The second kappa shape index (κ2) is 6.32. The molecule has 3 rings (SSSR count). The molecule has 4 nitrogen and oxygen atoms in total. The molecule has 0 unspecified atom stereocenters. The van der Waals surface area contributed by atoms with Crippen molar-refractivity contribution in [2.75, 3.05) is 0 Å². The Kier molecular flexibility index (Phi) is 4.36. The van der Waals surface area contributed by atoms with E-state index in [1.807, 2.05) is 0 Å². The topological polar surface area (TPSA) is 50.7 Å². The van der Waals surface area contributed by atoms with Crippen LogP contribution in [0.3, 0.4) is 0 Å². The van der Waals surface area contributed by atoms with E-state index < -0.39 is 18.1 Å². The largest absolute Gasteiger partial charge is 0.439 e. The average Bonchev–Trinajstić information content (AvgIpc) is 2.55. The van der Waals surface area contributed by atoms with Crippen LogP contribution in [0.5, 0.6) is 0 Å². The van der Waals surface area contributed by atoms with Crippen molar-refractivity contribution in [2.24, 2.45) is 5.10 Å². The summed E-state index contributed by atoms with van der Waals surface area (Å²) in [5.41, 5.74) is 3.03. The van der Waals surface area contributed by atoms with Gasteiger partial charge in [0.1, 0.15) is 11.8 Å². The third kappa shape index (κ3) is 3.03. The van der Waals surface area contributed by atoms with Crippen LogP contribution in [0, 0.1) is 0 Å². The molecule has 0 saturated heterocycles. The number of hydrazone groups is 1. The molecule has 0 fully saturated rings. The predicted octanol–water partition coefficient (Wildman–Crippen LogP) is 4.42. The fraction of sp³-hybridized carbons (Fsp3) is 0.176. The monoisotopic (exact) mass is 394 g/mol. The van der Waals surface area contributed by atoms with E-state index in [1.54, 1.807) is 31.2 Å². The normalized spacial score (nSPS) is 17.8. The summed E-state index contributed by atoms with van der Waals surface area (Å²) in [4.78, 5) is 11.1. The number of nitrogens with one attached hydrogen (secondary N) is 1. The van der Waals surface area contributed by atoms with Gasteiger partial charge in [-0.05, 0) is 13.0 Å². The van der Waals surface area contributed by atoms with Gasteiger partial charge < -0.3 is 4.74 Å². The quantitative estimate of drug-likeness (QED) is 0.837. The minimum Gasteiger partial charge on any atom is -0.439 e. The molecule has 0 spiro atoms.